The Hall–Kier alpha value is -2.44. The van der Waals surface area contributed by atoms with Gasteiger partial charge in [-0.3, -0.25) is 0 Å². The third kappa shape index (κ3) is 3.57. The van der Waals surface area contributed by atoms with E-state index in [2.05, 4.69) is 48.7 Å². The van der Waals surface area contributed by atoms with Gasteiger partial charge in [0.25, 0.3) is 0 Å². The zero-order valence-corrected chi connectivity index (χ0v) is 15.1. The van der Waals surface area contributed by atoms with Crippen molar-refractivity contribution in [3.8, 4) is 5.69 Å². The molecule has 0 spiro atoms. The number of aromatic nitrogens is 4. The highest BCUT2D eigenvalue weighted by Gasteiger charge is 2.29. The highest BCUT2D eigenvalue weighted by atomic mass is 16.5. The summed E-state index contributed by atoms with van der Waals surface area (Å²) in [5.74, 6) is 1.46. The normalized spacial score (nSPS) is 20.3. The number of ether oxygens (including phenoxy) is 1. The Bertz CT molecular complexity index is 826. The number of hydrogen-bond acceptors (Lipinski definition) is 4. The highest BCUT2D eigenvalue weighted by Crippen LogP contribution is 2.32. The number of rotatable bonds is 6. The van der Waals surface area contributed by atoms with Crippen LogP contribution in [0.25, 0.3) is 5.69 Å². The summed E-state index contributed by atoms with van der Waals surface area (Å²) in [5.41, 5.74) is 2.42. The van der Waals surface area contributed by atoms with Crippen LogP contribution < -0.4 is 5.32 Å². The van der Waals surface area contributed by atoms with Crippen LogP contribution in [0, 0.1) is 5.92 Å². The van der Waals surface area contributed by atoms with Gasteiger partial charge in [-0.05, 0) is 24.5 Å². The topological polar surface area (TPSA) is 56.9 Å². The molecule has 136 valence electrons. The summed E-state index contributed by atoms with van der Waals surface area (Å²) in [4.78, 5) is 8.66. The van der Waals surface area contributed by atoms with Crippen molar-refractivity contribution in [1.82, 2.24) is 24.4 Å². The summed E-state index contributed by atoms with van der Waals surface area (Å²) in [5, 5.41) is 3.63. The van der Waals surface area contributed by atoms with E-state index in [1.54, 1.807) is 6.20 Å². The molecule has 0 aliphatic carbocycles. The molecule has 6 nitrogen and oxygen atoms in total. The summed E-state index contributed by atoms with van der Waals surface area (Å²) in [6.07, 6.45) is 11.8. The van der Waals surface area contributed by atoms with E-state index in [4.69, 9.17) is 4.74 Å². The second-order valence-corrected chi connectivity index (χ2v) is 6.82. The van der Waals surface area contributed by atoms with Gasteiger partial charge < -0.3 is 19.2 Å². The van der Waals surface area contributed by atoms with Crippen molar-refractivity contribution in [3.63, 3.8) is 0 Å². The van der Waals surface area contributed by atoms with E-state index in [0.717, 1.165) is 44.0 Å². The SMILES string of the molecule is Cn1ccnc1[C@@H]1OCCC[C@H]1CNCc1ccccc1-n1ccnc1. The number of hydrogen-bond donors (Lipinski definition) is 1. The molecule has 1 N–H and O–H groups in total. The minimum absolute atomic E-state index is 0.0696. The van der Waals surface area contributed by atoms with E-state index in [1.807, 2.05) is 32.0 Å². The second kappa shape index (κ2) is 7.85. The number of benzene rings is 1. The van der Waals surface area contributed by atoms with Crippen LogP contribution in [0.4, 0.5) is 0 Å². The smallest absolute Gasteiger partial charge is 0.137 e. The van der Waals surface area contributed by atoms with Crippen molar-refractivity contribution in [2.75, 3.05) is 13.2 Å². The Balaban J connectivity index is 1.42. The monoisotopic (exact) mass is 351 g/mol. The first-order chi connectivity index (χ1) is 12.8. The fourth-order valence-corrected chi connectivity index (χ4v) is 3.70. The summed E-state index contributed by atoms with van der Waals surface area (Å²) in [6.45, 7) is 2.55. The third-order valence-corrected chi connectivity index (χ3v) is 5.05. The van der Waals surface area contributed by atoms with Crippen LogP contribution in [0.3, 0.4) is 0 Å². The van der Waals surface area contributed by atoms with Crippen molar-refractivity contribution in [3.05, 3.63) is 66.8 Å². The average molecular weight is 351 g/mol. The summed E-state index contributed by atoms with van der Waals surface area (Å²) < 4.78 is 10.2. The molecule has 0 bridgehead atoms. The molecule has 6 heteroatoms. The van der Waals surface area contributed by atoms with E-state index in [1.165, 1.54) is 5.56 Å². The van der Waals surface area contributed by atoms with Crippen LogP contribution in [0.15, 0.2) is 55.4 Å². The van der Waals surface area contributed by atoms with Crippen molar-refractivity contribution in [2.24, 2.45) is 13.0 Å². The minimum atomic E-state index is 0.0696. The number of para-hydroxylation sites is 1. The quantitative estimate of drug-likeness (QED) is 0.742. The molecule has 1 saturated heterocycles. The Morgan fingerprint density at radius 2 is 2.15 bits per heavy atom. The molecular formula is C20H25N5O. The van der Waals surface area contributed by atoms with Crippen LogP contribution >= 0.6 is 0 Å². The maximum absolute atomic E-state index is 6.07. The molecule has 0 unspecified atom stereocenters. The number of aryl methyl sites for hydroxylation is 1. The van der Waals surface area contributed by atoms with Crippen LogP contribution in [-0.2, 0) is 18.3 Å². The van der Waals surface area contributed by atoms with Crippen molar-refractivity contribution < 1.29 is 4.74 Å². The Labute approximate surface area is 153 Å². The maximum atomic E-state index is 6.07. The van der Waals surface area contributed by atoms with Gasteiger partial charge in [0.2, 0.25) is 0 Å². The third-order valence-electron chi connectivity index (χ3n) is 5.05. The molecule has 1 fully saturated rings. The average Bonchev–Trinajstić information content (AvgIpc) is 3.34. The first-order valence-electron chi connectivity index (χ1n) is 9.18. The standard InChI is InChI=1S/C20H25N5O/c1-24-10-9-23-20(24)19-17(6-4-12-26-19)14-22-13-16-5-2-3-7-18(16)25-11-8-21-15-25/h2-3,5,7-11,15,17,19,22H,4,6,12-14H2,1H3/t17-,19+/m0/s1. The van der Waals surface area contributed by atoms with Gasteiger partial charge in [0.1, 0.15) is 11.9 Å². The molecule has 1 aromatic carbocycles. The molecular weight excluding hydrogens is 326 g/mol. The second-order valence-electron chi connectivity index (χ2n) is 6.82. The highest BCUT2D eigenvalue weighted by molar-refractivity contribution is 5.40. The lowest BCUT2D eigenvalue weighted by molar-refractivity contribution is -0.0344. The fraction of sp³-hybridized carbons (Fsp3) is 0.400. The summed E-state index contributed by atoms with van der Waals surface area (Å²) >= 11 is 0. The van der Waals surface area contributed by atoms with E-state index >= 15 is 0 Å². The van der Waals surface area contributed by atoms with E-state index in [0.29, 0.717) is 5.92 Å². The molecule has 2 aromatic heterocycles. The number of nitrogens with zero attached hydrogens (tertiary/aromatic N) is 4. The van der Waals surface area contributed by atoms with Gasteiger partial charge in [0.05, 0.1) is 12.0 Å². The van der Waals surface area contributed by atoms with Crippen LogP contribution in [0.5, 0.6) is 0 Å². The van der Waals surface area contributed by atoms with Crippen molar-refractivity contribution >= 4 is 0 Å². The van der Waals surface area contributed by atoms with Gasteiger partial charge in [-0.25, -0.2) is 9.97 Å². The molecule has 0 amide bonds. The molecule has 0 saturated carbocycles. The van der Waals surface area contributed by atoms with Gasteiger partial charge in [-0.1, -0.05) is 18.2 Å². The largest absolute Gasteiger partial charge is 0.370 e. The summed E-state index contributed by atoms with van der Waals surface area (Å²) in [6, 6.07) is 8.43. The molecule has 3 heterocycles. The van der Waals surface area contributed by atoms with Crippen molar-refractivity contribution in [1.29, 1.82) is 0 Å². The maximum Gasteiger partial charge on any atom is 0.137 e. The predicted molar refractivity (Wildman–Crippen MR) is 99.9 cm³/mol. The van der Waals surface area contributed by atoms with Gasteiger partial charge in [0.15, 0.2) is 0 Å². The van der Waals surface area contributed by atoms with E-state index in [-0.39, 0.29) is 6.10 Å². The lowest BCUT2D eigenvalue weighted by Gasteiger charge is -2.31. The van der Waals surface area contributed by atoms with Crippen LogP contribution in [0.2, 0.25) is 0 Å². The number of imidazole rings is 2. The van der Waals surface area contributed by atoms with Gasteiger partial charge in [-0.2, -0.15) is 0 Å². The molecule has 4 rings (SSSR count). The first kappa shape index (κ1) is 17.0. The Kier molecular flexibility index (Phi) is 5.13. The molecule has 0 radical (unpaired) electrons. The van der Waals surface area contributed by atoms with E-state index in [9.17, 15) is 0 Å². The fourth-order valence-electron chi connectivity index (χ4n) is 3.70. The molecule has 1 aliphatic rings. The van der Waals surface area contributed by atoms with Gasteiger partial charge in [0, 0.05) is 57.4 Å². The molecule has 3 aromatic rings. The van der Waals surface area contributed by atoms with Crippen molar-refractivity contribution in [2.45, 2.75) is 25.5 Å². The summed E-state index contributed by atoms with van der Waals surface area (Å²) in [7, 11) is 2.03. The Morgan fingerprint density at radius 1 is 1.23 bits per heavy atom. The predicted octanol–water partition coefficient (Wildman–Crippen LogP) is 2.86. The van der Waals surface area contributed by atoms with Crippen LogP contribution in [-0.4, -0.2) is 32.3 Å². The van der Waals surface area contributed by atoms with Crippen LogP contribution in [0.1, 0.15) is 30.3 Å². The molecule has 2 atom stereocenters. The zero-order valence-electron chi connectivity index (χ0n) is 15.1. The van der Waals surface area contributed by atoms with Gasteiger partial charge in [-0.15, -0.1) is 0 Å². The zero-order chi connectivity index (χ0) is 17.8. The first-order valence-corrected chi connectivity index (χ1v) is 9.18. The van der Waals surface area contributed by atoms with E-state index < -0.39 is 0 Å². The lowest BCUT2D eigenvalue weighted by Crippen LogP contribution is -2.33. The number of nitrogens with one attached hydrogen (secondary N) is 1. The lowest BCUT2D eigenvalue weighted by atomic mass is 9.93. The Morgan fingerprint density at radius 3 is 2.96 bits per heavy atom. The van der Waals surface area contributed by atoms with Gasteiger partial charge >= 0.3 is 0 Å². The minimum Gasteiger partial charge on any atom is -0.370 e. The molecule has 1 aliphatic heterocycles. The molecule has 26 heavy (non-hydrogen) atoms.